The van der Waals surface area contributed by atoms with Crippen molar-refractivity contribution in [2.24, 2.45) is 5.73 Å². The van der Waals surface area contributed by atoms with Gasteiger partial charge in [-0.1, -0.05) is 0 Å². The number of nitrogens with two attached hydrogens (primary N) is 1. The Balaban J connectivity index is 2.10. The van der Waals surface area contributed by atoms with E-state index in [2.05, 4.69) is 34.1 Å². The van der Waals surface area contributed by atoms with Crippen LogP contribution in [0.4, 0.5) is 5.82 Å². The van der Waals surface area contributed by atoms with Crippen LogP contribution in [0.1, 0.15) is 18.4 Å². The van der Waals surface area contributed by atoms with Crippen LogP contribution >= 0.6 is 0 Å². The number of rotatable bonds is 3. The number of nitrogens with zero attached hydrogens (tertiary/aromatic N) is 4. The van der Waals surface area contributed by atoms with E-state index in [1.54, 1.807) is 6.20 Å². The topological polar surface area (TPSA) is 58.3 Å². The molecule has 0 radical (unpaired) electrons. The van der Waals surface area contributed by atoms with E-state index >= 15 is 0 Å². The Hall–Kier alpha value is -1.20. The van der Waals surface area contributed by atoms with Crippen LogP contribution < -0.4 is 10.6 Å². The maximum Gasteiger partial charge on any atom is 0.155 e. The summed E-state index contributed by atoms with van der Waals surface area (Å²) in [5, 5.41) is 8.19. The van der Waals surface area contributed by atoms with Crippen LogP contribution in [-0.4, -0.2) is 48.3 Å². The molecule has 0 aromatic carbocycles. The minimum atomic E-state index is 0.516. The van der Waals surface area contributed by atoms with Crippen LogP contribution in [0.15, 0.2) is 12.3 Å². The second-order valence-electron chi connectivity index (χ2n) is 4.73. The number of hydrogen-bond acceptors (Lipinski definition) is 5. The van der Waals surface area contributed by atoms with E-state index in [9.17, 15) is 0 Å². The smallest absolute Gasteiger partial charge is 0.155 e. The molecule has 5 nitrogen and oxygen atoms in total. The molecule has 0 bridgehead atoms. The minimum absolute atomic E-state index is 0.516. The van der Waals surface area contributed by atoms with Gasteiger partial charge in [-0.25, -0.2) is 0 Å². The normalized spacial score (nSPS) is 18.3. The number of aromatic nitrogens is 2. The lowest BCUT2D eigenvalue weighted by molar-refractivity contribution is 0.252. The summed E-state index contributed by atoms with van der Waals surface area (Å²) >= 11 is 0. The quantitative estimate of drug-likeness (QED) is 0.825. The Labute approximate surface area is 103 Å². The summed E-state index contributed by atoms with van der Waals surface area (Å²) in [5.41, 5.74) is 6.81. The molecule has 1 saturated heterocycles. The second-order valence-corrected chi connectivity index (χ2v) is 4.73. The summed E-state index contributed by atoms with van der Waals surface area (Å²) in [6, 6.07) is 2.50. The number of anilines is 1. The van der Waals surface area contributed by atoms with Crippen molar-refractivity contribution in [2.75, 3.05) is 32.1 Å². The summed E-state index contributed by atoms with van der Waals surface area (Å²) in [5.74, 6) is 0.935. The summed E-state index contributed by atoms with van der Waals surface area (Å²) in [6.45, 7) is 2.81. The van der Waals surface area contributed by atoms with Crippen LogP contribution in [0.3, 0.4) is 0 Å². The molecule has 94 valence electrons. The number of hydrogen-bond donors (Lipinski definition) is 1. The average Bonchev–Trinajstić information content (AvgIpc) is 2.39. The largest absolute Gasteiger partial charge is 0.355 e. The van der Waals surface area contributed by atoms with E-state index < -0.39 is 0 Å². The van der Waals surface area contributed by atoms with Crippen molar-refractivity contribution in [3.63, 3.8) is 0 Å². The molecule has 1 fully saturated rings. The van der Waals surface area contributed by atoms with Crippen LogP contribution in [0.5, 0.6) is 0 Å². The monoisotopic (exact) mass is 235 g/mol. The fraction of sp³-hybridized carbons (Fsp3) is 0.667. The molecule has 1 aliphatic rings. The lowest BCUT2D eigenvalue weighted by atomic mass is 10.0. The molecule has 0 saturated carbocycles. The zero-order chi connectivity index (χ0) is 12.3. The predicted molar refractivity (Wildman–Crippen MR) is 68.8 cm³/mol. The van der Waals surface area contributed by atoms with Gasteiger partial charge in [0.25, 0.3) is 0 Å². The van der Waals surface area contributed by atoms with Crippen molar-refractivity contribution in [1.82, 2.24) is 15.1 Å². The lowest BCUT2D eigenvalue weighted by Gasteiger charge is -2.36. The Morgan fingerprint density at radius 2 is 2.18 bits per heavy atom. The first-order valence-corrected chi connectivity index (χ1v) is 6.14. The molecule has 0 atom stereocenters. The summed E-state index contributed by atoms with van der Waals surface area (Å²) in [6.07, 6.45) is 4.05. The zero-order valence-electron chi connectivity index (χ0n) is 10.6. The van der Waals surface area contributed by atoms with Crippen molar-refractivity contribution in [3.05, 3.63) is 17.8 Å². The molecule has 5 heteroatoms. The first-order valence-electron chi connectivity index (χ1n) is 6.14. The SMILES string of the molecule is CN1CCC(N(C)c2nnccc2CN)CC1. The zero-order valence-corrected chi connectivity index (χ0v) is 10.6. The van der Waals surface area contributed by atoms with Crippen molar-refractivity contribution >= 4 is 5.82 Å². The Morgan fingerprint density at radius 1 is 1.47 bits per heavy atom. The van der Waals surface area contributed by atoms with Crippen LogP contribution in [0.25, 0.3) is 0 Å². The summed E-state index contributed by atoms with van der Waals surface area (Å²) < 4.78 is 0. The van der Waals surface area contributed by atoms with Gasteiger partial charge in [0, 0.05) is 25.2 Å². The van der Waals surface area contributed by atoms with Gasteiger partial charge in [-0.05, 0) is 39.0 Å². The first-order chi connectivity index (χ1) is 8.22. The van der Waals surface area contributed by atoms with Crippen LogP contribution in [0, 0.1) is 0 Å². The average molecular weight is 235 g/mol. The molecule has 2 rings (SSSR count). The molecule has 1 aromatic heterocycles. The van der Waals surface area contributed by atoms with Gasteiger partial charge < -0.3 is 15.5 Å². The third-order valence-electron chi connectivity index (χ3n) is 3.57. The highest BCUT2D eigenvalue weighted by atomic mass is 15.3. The second kappa shape index (κ2) is 5.42. The van der Waals surface area contributed by atoms with Gasteiger partial charge in [-0.2, -0.15) is 5.10 Å². The first kappa shape index (κ1) is 12.3. The number of likely N-dealkylation sites (tertiary alicyclic amines) is 1. The van der Waals surface area contributed by atoms with Gasteiger partial charge in [0.1, 0.15) is 0 Å². The Bertz CT molecular complexity index is 360. The molecular formula is C12H21N5. The maximum absolute atomic E-state index is 5.74. The predicted octanol–water partition coefficient (Wildman–Crippen LogP) is 0.466. The van der Waals surface area contributed by atoms with Gasteiger partial charge in [-0.3, -0.25) is 0 Å². The highest BCUT2D eigenvalue weighted by Crippen LogP contribution is 2.22. The van der Waals surface area contributed by atoms with Crippen LogP contribution in [-0.2, 0) is 6.54 Å². The molecule has 2 N–H and O–H groups in total. The van der Waals surface area contributed by atoms with Crippen molar-refractivity contribution in [2.45, 2.75) is 25.4 Å². The van der Waals surface area contributed by atoms with Crippen molar-refractivity contribution in [3.8, 4) is 0 Å². The highest BCUT2D eigenvalue weighted by Gasteiger charge is 2.22. The number of piperidine rings is 1. The molecule has 0 aliphatic carbocycles. The van der Waals surface area contributed by atoms with Gasteiger partial charge in [-0.15, -0.1) is 5.10 Å². The third kappa shape index (κ3) is 2.73. The molecular weight excluding hydrogens is 214 g/mol. The molecule has 0 unspecified atom stereocenters. The molecule has 2 heterocycles. The van der Waals surface area contributed by atoms with Gasteiger partial charge in [0.2, 0.25) is 0 Å². The molecule has 0 amide bonds. The molecule has 1 aliphatic heterocycles. The third-order valence-corrected chi connectivity index (χ3v) is 3.57. The summed E-state index contributed by atoms with van der Waals surface area (Å²) in [7, 11) is 4.27. The molecule has 1 aromatic rings. The van der Waals surface area contributed by atoms with E-state index in [0.29, 0.717) is 12.6 Å². The molecule has 0 spiro atoms. The van der Waals surface area contributed by atoms with Crippen LogP contribution in [0.2, 0.25) is 0 Å². The van der Waals surface area contributed by atoms with Gasteiger partial charge in [0.15, 0.2) is 5.82 Å². The van der Waals surface area contributed by atoms with Gasteiger partial charge in [0.05, 0.1) is 6.20 Å². The highest BCUT2D eigenvalue weighted by molar-refractivity contribution is 5.45. The van der Waals surface area contributed by atoms with E-state index in [1.807, 2.05) is 6.07 Å². The van der Waals surface area contributed by atoms with E-state index in [0.717, 1.165) is 24.5 Å². The van der Waals surface area contributed by atoms with Gasteiger partial charge >= 0.3 is 0 Å². The fourth-order valence-corrected chi connectivity index (χ4v) is 2.36. The standard InChI is InChI=1S/C12H21N5/c1-16-7-4-11(5-8-16)17(2)12-10(9-13)3-6-14-15-12/h3,6,11H,4-5,7-9,13H2,1-2H3. The Kier molecular flexibility index (Phi) is 3.91. The van der Waals surface area contributed by atoms with E-state index in [4.69, 9.17) is 5.73 Å². The summed E-state index contributed by atoms with van der Waals surface area (Å²) in [4.78, 5) is 4.60. The van der Waals surface area contributed by atoms with E-state index in [-0.39, 0.29) is 0 Å². The maximum atomic E-state index is 5.74. The minimum Gasteiger partial charge on any atom is -0.355 e. The fourth-order valence-electron chi connectivity index (χ4n) is 2.36. The van der Waals surface area contributed by atoms with Crippen molar-refractivity contribution in [1.29, 1.82) is 0 Å². The van der Waals surface area contributed by atoms with Crippen molar-refractivity contribution < 1.29 is 0 Å². The Morgan fingerprint density at radius 3 is 2.82 bits per heavy atom. The lowest BCUT2D eigenvalue weighted by Crippen LogP contribution is -2.42. The van der Waals surface area contributed by atoms with E-state index in [1.165, 1.54) is 12.8 Å². The molecule has 17 heavy (non-hydrogen) atoms.